The minimum Gasteiger partial charge on any atom is -0.463 e. The van der Waals surface area contributed by atoms with Crippen molar-refractivity contribution in [1.82, 2.24) is 9.55 Å². The molecule has 0 radical (unpaired) electrons. The van der Waals surface area contributed by atoms with Crippen molar-refractivity contribution in [2.24, 2.45) is 11.8 Å². The Bertz CT molecular complexity index is 2690. The van der Waals surface area contributed by atoms with Gasteiger partial charge in [0.2, 0.25) is 0 Å². The third-order valence-electron chi connectivity index (χ3n) is 9.96. The summed E-state index contributed by atoms with van der Waals surface area (Å²) < 4.78 is 106. The zero-order valence-corrected chi connectivity index (χ0v) is 37.5. The quantitative estimate of drug-likeness (QED) is 0.0649. The molecule has 63 heavy (non-hydrogen) atoms. The summed E-state index contributed by atoms with van der Waals surface area (Å²) in [5.41, 5.74) is -5.24. The molecule has 1 aromatic heterocycles. The molecule has 0 spiro atoms. The molecule has 1 N–H and O–H groups in total. The molecule has 5 aromatic rings. The van der Waals surface area contributed by atoms with E-state index in [-0.39, 0.29) is 11.5 Å². The molecule has 8 atom stereocenters. The number of H-pyrrole nitrogens is 1. The molecule has 0 amide bonds. The molecule has 1 aliphatic heterocycles. The van der Waals surface area contributed by atoms with E-state index in [2.05, 4.69) is 0 Å². The molecule has 2 unspecified atom stereocenters. The van der Waals surface area contributed by atoms with Crippen LogP contribution in [0.3, 0.4) is 0 Å². The summed E-state index contributed by atoms with van der Waals surface area (Å²) in [7, 11) is -9.63. The highest BCUT2D eigenvalue weighted by molar-refractivity contribution is 7.54. The molecule has 6 rings (SSSR count). The number of aromatic nitrogens is 2. The van der Waals surface area contributed by atoms with Crippen LogP contribution in [-0.4, -0.2) is 70.3 Å². The van der Waals surface area contributed by atoms with E-state index in [0.717, 1.165) is 30.0 Å². The Morgan fingerprint density at radius 3 is 1.70 bits per heavy atom. The minimum absolute atomic E-state index is 0.0121. The number of halogens is 2. The summed E-state index contributed by atoms with van der Waals surface area (Å²) in [6, 6.07) is 24.5. The lowest BCUT2D eigenvalue weighted by molar-refractivity contribution is -0.200. The number of aromatic amines is 1. The van der Waals surface area contributed by atoms with Crippen LogP contribution in [0.15, 0.2) is 107 Å². The molecule has 0 saturated carbocycles. The number of esters is 2. The fourth-order valence-corrected chi connectivity index (χ4v) is 11.0. The molecular weight excluding hydrogens is 864 g/mol. The fraction of sp³-hybridized carbons (Fsp3) is 0.409. The predicted molar refractivity (Wildman–Crippen MR) is 231 cm³/mol. The van der Waals surface area contributed by atoms with Crippen molar-refractivity contribution in [2.45, 2.75) is 84.5 Å². The maximum atomic E-state index is 18.1. The Morgan fingerprint density at radius 2 is 1.21 bits per heavy atom. The summed E-state index contributed by atoms with van der Waals surface area (Å²) in [5.74, 6) is -7.59. The van der Waals surface area contributed by atoms with Gasteiger partial charge in [-0.2, -0.15) is 0 Å². The molecule has 1 aliphatic rings. The second-order valence-corrected chi connectivity index (χ2v) is 20.3. The summed E-state index contributed by atoms with van der Waals surface area (Å²) in [5, 5.41) is 2.92. The molecule has 0 bridgehead atoms. The lowest BCUT2D eigenvalue weighted by Crippen LogP contribution is -2.49. The van der Waals surface area contributed by atoms with Gasteiger partial charge >= 0.3 is 32.8 Å². The van der Waals surface area contributed by atoms with Gasteiger partial charge in [0.15, 0.2) is 18.0 Å². The van der Waals surface area contributed by atoms with Gasteiger partial charge < -0.3 is 23.3 Å². The van der Waals surface area contributed by atoms with Crippen molar-refractivity contribution in [3.63, 3.8) is 0 Å². The number of fused-ring (bicyclic) bond motifs is 2. The second-order valence-electron chi connectivity index (χ2n) is 16.2. The number of hydrogen-bond acceptors (Lipinski definition) is 13. The van der Waals surface area contributed by atoms with E-state index < -0.39 is 105 Å². The van der Waals surface area contributed by atoms with Gasteiger partial charge in [-0.05, 0) is 80.4 Å². The molecule has 1 fully saturated rings. The SMILES string of the molecule is CC(C)OC(=O)[C@H](C)CP(=O)(OC[C@@]1(F)O[C@@H](n2ccc(=O)[nH]c2=O)[C@](C)(F)[C@@H]1OP(=O)(C[C@@H](C)C(=O)OC(C)C)Oc1ccc2ccccc2c1)Oc1ccc2ccccc2c1. The highest BCUT2D eigenvalue weighted by Crippen LogP contribution is 2.60. The molecule has 15 nitrogen and oxygen atoms in total. The molecule has 338 valence electrons. The smallest absolute Gasteiger partial charge is 0.380 e. The van der Waals surface area contributed by atoms with Crippen LogP contribution in [0.1, 0.15) is 54.7 Å². The van der Waals surface area contributed by atoms with E-state index in [4.69, 9.17) is 32.3 Å². The highest BCUT2D eigenvalue weighted by atomic mass is 31.2. The van der Waals surface area contributed by atoms with Crippen LogP contribution in [-0.2, 0) is 42.0 Å². The minimum atomic E-state index is -4.93. The summed E-state index contributed by atoms with van der Waals surface area (Å²) >= 11 is 0. The number of alkyl halides is 2. The first-order chi connectivity index (χ1) is 29.6. The van der Waals surface area contributed by atoms with E-state index in [0.29, 0.717) is 15.3 Å². The van der Waals surface area contributed by atoms with Gasteiger partial charge in [-0.15, -0.1) is 0 Å². The Morgan fingerprint density at radius 1 is 0.730 bits per heavy atom. The average Bonchev–Trinajstić information content (AvgIpc) is 3.39. The van der Waals surface area contributed by atoms with Gasteiger partial charge in [-0.3, -0.25) is 33.0 Å². The molecular formula is C44H50F2N2O13P2. The first kappa shape index (κ1) is 47.3. The van der Waals surface area contributed by atoms with Crippen LogP contribution in [0, 0.1) is 11.8 Å². The van der Waals surface area contributed by atoms with Gasteiger partial charge in [0.05, 0.1) is 36.4 Å². The molecule has 0 aliphatic carbocycles. The monoisotopic (exact) mass is 914 g/mol. The number of carbonyl (C=O) groups is 2. The van der Waals surface area contributed by atoms with Crippen molar-refractivity contribution < 1.29 is 59.8 Å². The first-order valence-corrected chi connectivity index (χ1v) is 23.7. The van der Waals surface area contributed by atoms with Crippen LogP contribution >= 0.6 is 15.2 Å². The van der Waals surface area contributed by atoms with Gasteiger partial charge in [0.1, 0.15) is 18.1 Å². The van der Waals surface area contributed by atoms with Crippen LogP contribution in [0.5, 0.6) is 11.5 Å². The number of carbonyl (C=O) groups excluding carboxylic acids is 2. The largest absolute Gasteiger partial charge is 0.463 e. The molecule has 4 aromatic carbocycles. The van der Waals surface area contributed by atoms with Crippen LogP contribution in [0.25, 0.3) is 21.5 Å². The number of hydrogen-bond donors (Lipinski definition) is 1. The van der Waals surface area contributed by atoms with E-state index in [1.807, 2.05) is 23.2 Å². The van der Waals surface area contributed by atoms with Crippen molar-refractivity contribution >= 4 is 48.7 Å². The number of rotatable bonds is 18. The number of ether oxygens (including phenoxy) is 3. The van der Waals surface area contributed by atoms with Gasteiger partial charge in [-0.25, -0.2) is 22.7 Å². The van der Waals surface area contributed by atoms with Gasteiger partial charge in [0, 0.05) is 12.3 Å². The zero-order chi connectivity index (χ0) is 45.9. The van der Waals surface area contributed by atoms with E-state index in [1.54, 1.807) is 76.2 Å². The predicted octanol–water partition coefficient (Wildman–Crippen LogP) is 8.89. The summed E-state index contributed by atoms with van der Waals surface area (Å²) in [6.45, 7) is 8.53. The summed E-state index contributed by atoms with van der Waals surface area (Å²) in [6.07, 6.45) is -6.59. The average molecular weight is 915 g/mol. The third-order valence-corrected chi connectivity index (χ3v) is 14.0. The topological polar surface area (TPSA) is 188 Å². The maximum Gasteiger partial charge on any atom is 0.380 e. The standard InChI is InChI=1S/C44H50F2N2O13P2/c1-27(2)56-38(50)29(5)24-62(53,59-35-18-16-31-12-8-10-14-33(31)22-35)55-26-44(46)40(43(7,45)41(58-44)48-21-20-37(49)47-42(48)52)61-63(54,25-30(6)39(51)57-28(3)4)60-36-19-17-32-13-9-11-15-34(32)23-36/h8-23,27-30,40-41H,24-26H2,1-7H3,(H,47,49,52)/t29-,30-,40+,41-,43-,44-,62?,63?/m1/s1. The third kappa shape index (κ3) is 11.3. The molecule has 1 saturated heterocycles. The second kappa shape index (κ2) is 18.9. The van der Waals surface area contributed by atoms with Crippen molar-refractivity contribution in [3.8, 4) is 11.5 Å². The van der Waals surface area contributed by atoms with Crippen LogP contribution in [0.4, 0.5) is 8.78 Å². The Hall–Kier alpha value is -5.18. The lowest BCUT2D eigenvalue weighted by Gasteiger charge is -2.34. The van der Waals surface area contributed by atoms with Crippen molar-refractivity contribution in [2.75, 3.05) is 18.9 Å². The molecule has 2 heterocycles. The van der Waals surface area contributed by atoms with Crippen molar-refractivity contribution in [3.05, 3.63) is 118 Å². The fourth-order valence-electron chi connectivity index (χ4n) is 7.00. The number of benzene rings is 4. The van der Waals surface area contributed by atoms with E-state index >= 15 is 13.3 Å². The van der Waals surface area contributed by atoms with E-state index in [1.165, 1.54) is 32.0 Å². The van der Waals surface area contributed by atoms with E-state index in [9.17, 15) is 23.7 Å². The Labute approximate surface area is 362 Å². The maximum absolute atomic E-state index is 18.1. The summed E-state index contributed by atoms with van der Waals surface area (Å²) in [4.78, 5) is 53.1. The number of nitrogens with one attached hydrogen (secondary N) is 1. The Balaban J connectivity index is 1.42. The van der Waals surface area contributed by atoms with Crippen LogP contribution < -0.4 is 20.3 Å². The van der Waals surface area contributed by atoms with Crippen LogP contribution in [0.2, 0.25) is 0 Å². The lowest BCUT2D eigenvalue weighted by atomic mass is 9.97. The first-order valence-electron chi connectivity index (χ1n) is 20.2. The van der Waals surface area contributed by atoms with Crippen molar-refractivity contribution in [1.29, 1.82) is 0 Å². The normalized spacial score (nSPS) is 22.9. The van der Waals surface area contributed by atoms with Gasteiger partial charge in [0.25, 0.3) is 11.4 Å². The molecule has 19 heteroatoms. The highest BCUT2D eigenvalue weighted by Gasteiger charge is 2.68. The Kier molecular flexibility index (Phi) is 14.2. The number of nitrogens with zero attached hydrogens (tertiary/aromatic N) is 1. The zero-order valence-electron chi connectivity index (χ0n) is 35.7. The van der Waals surface area contributed by atoms with Gasteiger partial charge in [-0.1, -0.05) is 74.5 Å².